The highest BCUT2D eigenvalue weighted by Crippen LogP contribution is 2.76. The Labute approximate surface area is 188 Å². The molecule has 5 rings (SSSR count). The van der Waals surface area contributed by atoms with Crippen LogP contribution in [0.2, 0.25) is 0 Å². The van der Waals surface area contributed by atoms with E-state index in [1.54, 1.807) is 0 Å². The first-order valence-electron chi connectivity index (χ1n) is 12.8. The summed E-state index contributed by atoms with van der Waals surface area (Å²) in [7, 11) is 0. The molecule has 5 aliphatic rings. The number of carbonyl (C=O) groups excluding carboxylic acids is 2. The Balaban J connectivity index is 1.56. The Morgan fingerprint density at radius 2 is 1.55 bits per heavy atom. The molecule has 0 amide bonds. The number of rotatable bonds is 0. The predicted octanol–water partition coefficient (Wildman–Crippen LogP) is 5.89. The van der Waals surface area contributed by atoms with Crippen LogP contribution in [0, 0.1) is 45.3 Å². The summed E-state index contributed by atoms with van der Waals surface area (Å²) < 4.78 is 0. The second kappa shape index (κ2) is 6.55. The van der Waals surface area contributed by atoms with Crippen molar-refractivity contribution in [1.29, 1.82) is 0 Å². The molecule has 0 aromatic carbocycles. The van der Waals surface area contributed by atoms with E-state index in [1.807, 2.05) is 6.92 Å². The fourth-order valence-corrected chi connectivity index (χ4v) is 9.98. The molecule has 5 aliphatic carbocycles. The topological polar surface area (TPSA) is 54.4 Å². The van der Waals surface area contributed by atoms with Crippen molar-refractivity contribution in [1.82, 2.24) is 0 Å². The van der Waals surface area contributed by atoms with Crippen LogP contribution in [0.3, 0.4) is 0 Å². The van der Waals surface area contributed by atoms with Crippen molar-refractivity contribution < 1.29 is 14.7 Å². The molecule has 9 atom stereocenters. The van der Waals surface area contributed by atoms with Gasteiger partial charge in [0.05, 0.1) is 0 Å². The minimum atomic E-state index is -0.815. The van der Waals surface area contributed by atoms with E-state index in [9.17, 15) is 14.7 Å². The first kappa shape index (κ1) is 21.9. The van der Waals surface area contributed by atoms with E-state index in [1.165, 1.54) is 37.7 Å². The molecule has 31 heavy (non-hydrogen) atoms. The van der Waals surface area contributed by atoms with Crippen LogP contribution in [0.15, 0.2) is 11.1 Å². The number of Topliss-reactive ketones (excluding diaryl/α,β-unsaturated/α-hetero) is 2. The number of hydrogen-bond donors (Lipinski definition) is 1. The lowest BCUT2D eigenvalue weighted by atomic mass is 9.32. The van der Waals surface area contributed by atoms with E-state index < -0.39 is 6.10 Å². The van der Waals surface area contributed by atoms with Gasteiger partial charge in [0.1, 0.15) is 11.9 Å². The SMILES string of the molecule is CC1=C2CC[C@H]3[C@@](C)(CC[C@@]4(C)[C@@H]5C[C@@H](C)C(=O)C[C@]5(C)CC[C@]34C)[C@@H]2C[C@H](O)C1=O. The van der Waals surface area contributed by atoms with E-state index in [0.29, 0.717) is 30.0 Å². The summed E-state index contributed by atoms with van der Waals surface area (Å²) in [6, 6.07) is 0. The van der Waals surface area contributed by atoms with Gasteiger partial charge < -0.3 is 5.11 Å². The first-order chi connectivity index (χ1) is 14.4. The van der Waals surface area contributed by atoms with E-state index in [-0.39, 0.29) is 33.4 Å². The van der Waals surface area contributed by atoms with Gasteiger partial charge in [-0.05, 0) is 103 Å². The maximum atomic E-state index is 12.7. The number of carbonyl (C=O) groups is 2. The number of aliphatic hydroxyl groups excluding tert-OH is 1. The van der Waals surface area contributed by atoms with Gasteiger partial charge in [-0.25, -0.2) is 0 Å². The highest BCUT2D eigenvalue weighted by molar-refractivity contribution is 5.99. The van der Waals surface area contributed by atoms with Crippen molar-refractivity contribution in [2.45, 2.75) is 105 Å². The van der Waals surface area contributed by atoms with Gasteiger partial charge >= 0.3 is 0 Å². The zero-order valence-corrected chi connectivity index (χ0v) is 20.5. The Bertz CT molecular complexity index is 871. The van der Waals surface area contributed by atoms with Crippen LogP contribution in [-0.2, 0) is 9.59 Å². The number of hydrogen-bond acceptors (Lipinski definition) is 3. The van der Waals surface area contributed by atoms with E-state index in [0.717, 1.165) is 24.8 Å². The van der Waals surface area contributed by atoms with Gasteiger partial charge in [0, 0.05) is 12.3 Å². The first-order valence-corrected chi connectivity index (χ1v) is 12.8. The average Bonchev–Trinajstić information content (AvgIpc) is 2.71. The summed E-state index contributed by atoms with van der Waals surface area (Å²) in [5.74, 6) is 2.24. The van der Waals surface area contributed by atoms with Crippen LogP contribution >= 0.6 is 0 Å². The molecular weight excluding hydrogens is 384 g/mol. The summed E-state index contributed by atoms with van der Waals surface area (Å²) in [5.41, 5.74) is 3.06. The zero-order chi connectivity index (χ0) is 22.6. The van der Waals surface area contributed by atoms with Crippen LogP contribution < -0.4 is 0 Å². The molecule has 0 saturated heterocycles. The summed E-state index contributed by atoms with van der Waals surface area (Å²) >= 11 is 0. The van der Waals surface area contributed by atoms with Crippen molar-refractivity contribution in [3.05, 3.63) is 11.1 Å². The molecule has 0 heterocycles. The maximum Gasteiger partial charge on any atom is 0.186 e. The van der Waals surface area contributed by atoms with Crippen molar-refractivity contribution in [2.75, 3.05) is 0 Å². The number of allylic oxidation sites excluding steroid dienone is 1. The van der Waals surface area contributed by atoms with Crippen LogP contribution in [0.1, 0.15) is 99.3 Å². The van der Waals surface area contributed by atoms with Crippen molar-refractivity contribution in [3.63, 3.8) is 0 Å². The van der Waals surface area contributed by atoms with Crippen LogP contribution in [0.4, 0.5) is 0 Å². The molecule has 3 nitrogen and oxygen atoms in total. The molecule has 0 bridgehead atoms. The van der Waals surface area contributed by atoms with Crippen LogP contribution in [0.5, 0.6) is 0 Å². The third-order valence-corrected chi connectivity index (χ3v) is 12.1. The van der Waals surface area contributed by atoms with Crippen molar-refractivity contribution in [3.8, 4) is 0 Å². The molecular formula is C28H42O3. The largest absolute Gasteiger partial charge is 0.385 e. The summed E-state index contributed by atoms with van der Waals surface area (Å²) in [6.07, 6.45) is 8.62. The molecule has 0 aromatic heterocycles. The smallest absolute Gasteiger partial charge is 0.186 e. The van der Waals surface area contributed by atoms with Crippen molar-refractivity contribution in [2.24, 2.45) is 45.3 Å². The lowest BCUT2D eigenvalue weighted by Crippen LogP contribution is -2.66. The molecule has 0 aromatic rings. The Hall–Kier alpha value is -0.960. The molecule has 0 radical (unpaired) electrons. The standard InChI is InChI=1S/C28H42O3/c1-16-13-23-25(3,15-21(16)30)9-11-27(5)22-8-7-18-17(2)24(31)20(29)14-19(18)26(22,4)10-12-28(23,27)6/h16,19-20,22-23,29H,7-15H2,1-6H3/t16-,19-,20+,22+,23-,25+,26+,27-,28+/m1/s1. The second-order valence-corrected chi connectivity index (χ2v) is 13.2. The van der Waals surface area contributed by atoms with Gasteiger partial charge in [0.15, 0.2) is 5.78 Å². The highest BCUT2D eigenvalue weighted by atomic mass is 16.3. The molecule has 4 fully saturated rings. The summed E-state index contributed by atoms with van der Waals surface area (Å²) in [4.78, 5) is 25.2. The lowest BCUT2D eigenvalue weighted by molar-refractivity contribution is -0.226. The Morgan fingerprint density at radius 1 is 0.903 bits per heavy atom. The summed E-state index contributed by atoms with van der Waals surface area (Å²) in [6.45, 7) is 14.2. The van der Waals surface area contributed by atoms with Gasteiger partial charge in [-0.1, -0.05) is 40.2 Å². The molecule has 0 unspecified atom stereocenters. The zero-order valence-electron chi connectivity index (χ0n) is 20.5. The minimum Gasteiger partial charge on any atom is -0.385 e. The highest BCUT2D eigenvalue weighted by Gasteiger charge is 2.69. The minimum absolute atomic E-state index is 0.0329. The van der Waals surface area contributed by atoms with Crippen molar-refractivity contribution >= 4 is 11.6 Å². The predicted molar refractivity (Wildman–Crippen MR) is 122 cm³/mol. The number of ketones is 2. The molecule has 0 aliphatic heterocycles. The van der Waals surface area contributed by atoms with Crippen LogP contribution in [0.25, 0.3) is 0 Å². The molecule has 4 saturated carbocycles. The van der Waals surface area contributed by atoms with E-state index in [4.69, 9.17) is 0 Å². The number of aliphatic hydroxyl groups is 1. The molecule has 0 spiro atoms. The lowest BCUT2D eigenvalue weighted by Gasteiger charge is -2.72. The third-order valence-electron chi connectivity index (χ3n) is 12.1. The van der Waals surface area contributed by atoms with Gasteiger partial charge in [-0.3, -0.25) is 9.59 Å². The Morgan fingerprint density at radius 3 is 2.26 bits per heavy atom. The maximum absolute atomic E-state index is 12.7. The van der Waals surface area contributed by atoms with E-state index >= 15 is 0 Å². The quantitative estimate of drug-likeness (QED) is 0.525. The number of fused-ring (bicyclic) bond motifs is 7. The third kappa shape index (κ3) is 2.62. The Kier molecular flexibility index (Phi) is 4.62. The fraction of sp³-hybridized carbons (Fsp3) is 0.857. The fourth-order valence-electron chi connectivity index (χ4n) is 9.98. The van der Waals surface area contributed by atoms with Gasteiger partial charge in [-0.15, -0.1) is 0 Å². The average molecular weight is 427 g/mol. The second-order valence-electron chi connectivity index (χ2n) is 13.2. The monoisotopic (exact) mass is 426 g/mol. The van der Waals surface area contributed by atoms with E-state index in [2.05, 4.69) is 34.6 Å². The summed E-state index contributed by atoms with van der Waals surface area (Å²) in [5, 5.41) is 10.6. The molecule has 1 N–H and O–H groups in total. The van der Waals surface area contributed by atoms with Gasteiger partial charge in [0.25, 0.3) is 0 Å². The molecule has 172 valence electrons. The van der Waals surface area contributed by atoms with Gasteiger partial charge in [-0.2, -0.15) is 0 Å². The van der Waals surface area contributed by atoms with Gasteiger partial charge in [0.2, 0.25) is 0 Å². The molecule has 3 heteroatoms. The van der Waals surface area contributed by atoms with Crippen LogP contribution in [-0.4, -0.2) is 22.8 Å². The normalized spacial score (nSPS) is 54.6.